The lowest BCUT2D eigenvalue weighted by Crippen LogP contribution is -2.50. The molecule has 2 aromatic carbocycles. The molecule has 0 saturated carbocycles. The van der Waals surface area contributed by atoms with Gasteiger partial charge in [0.05, 0.1) is 6.42 Å². The average Bonchev–Trinajstić information content (AvgIpc) is 3.33. The lowest BCUT2D eigenvalue weighted by atomic mass is 9.83. The smallest absolute Gasteiger partial charge is 0.319 e. The van der Waals surface area contributed by atoms with Crippen LogP contribution < -0.4 is 5.32 Å². The summed E-state index contributed by atoms with van der Waals surface area (Å²) in [7, 11) is 0. The summed E-state index contributed by atoms with van der Waals surface area (Å²) in [6.07, 6.45) is -0.237. The highest BCUT2D eigenvalue weighted by Gasteiger charge is 2.44. The summed E-state index contributed by atoms with van der Waals surface area (Å²) < 4.78 is 0. The van der Waals surface area contributed by atoms with E-state index in [1.807, 2.05) is 35.7 Å². The molecule has 3 unspecified atom stereocenters. The summed E-state index contributed by atoms with van der Waals surface area (Å²) in [6, 6.07) is 17.0. The maximum absolute atomic E-state index is 12.9. The van der Waals surface area contributed by atoms with E-state index in [9.17, 15) is 19.5 Å². The Bertz CT molecular complexity index is 1160. The van der Waals surface area contributed by atoms with Gasteiger partial charge < -0.3 is 15.5 Å². The van der Waals surface area contributed by atoms with Crippen molar-refractivity contribution in [2.75, 3.05) is 0 Å². The second-order valence-electron chi connectivity index (χ2n) is 8.54. The number of benzene rings is 2. The second kappa shape index (κ2) is 10.8. The van der Waals surface area contributed by atoms with Crippen LogP contribution >= 0.6 is 22.9 Å². The largest absolute Gasteiger partial charge is 0.481 e. The van der Waals surface area contributed by atoms with Gasteiger partial charge in [0.1, 0.15) is 0 Å². The normalized spacial score (nSPS) is 14.6. The van der Waals surface area contributed by atoms with Gasteiger partial charge in [0.15, 0.2) is 5.41 Å². The Morgan fingerprint density at radius 2 is 1.76 bits per heavy atom. The molecule has 8 heteroatoms. The first-order chi connectivity index (χ1) is 16.1. The van der Waals surface area contributed by atoms with Crippen LogP contribution in [-0.2, 0) is 20.8 Å². The number of carboxylic acid groups (broad SMARTS) is 2. The molecule has 3 rings (SSSR count). The highest BCUT2D eigenvalue weighted by Crippen LogP contribution is 2.30. The molecule has 1 aromatic heterocycles. The van der Waals surface area contributed by atoms with E-state index < -0.39 is 35.7 Å². The van der Waals surface area contributed by atoms with E-state index in [4.69, 9.17) is 16.7 Å². The number of hydrogen-bond acceptors (Lipinski definition) is 4. The number of carbonyl (C=O) groups is 3. The van der Waals surface area contributed by atoms with Crippen LogP contribution in [0.2, 0.25) is 5.02 Å². The Hall–Kier alpha value is -3.16. The minimum atomic E-state index is -2.08. The van der Waals surface area contributed by atoms with Gasteiger partial charge in [-0.05, 0) is 71.5 Å². The van der Waals surface area contributed by atoms with Gasteiger partial charge in [0.2, 0.25) is 5.91 Å². The molecule has 0 aliphatic rings. The number of rotatable bonds is 10. The van der Waals surface area contributed by atoms with Crippen molar-refractivity contribution in [3.8, 4) is 11.1 Å². The first-order valence-electron chi connectivity index (χ1n) is 10.7. The molecule has 178 valence electrons. The summed E-state index contributed by atoms with van der Waals surface area (Å²) >= 11 is 7.69. The Balaban J connectivity index is 1.90. The zero-order valence-electron chi connectivity index (χ0n) is 18.8. The molecule has 0 saturated heterocycles. The van der Waals surface area contributed by atoms with Gasteiger partial charge in [-0.25, -0.2) is 0 Å². The van der Waals surface area contributed by atoms with Crippen LogP contribution in [0.4, 0.5) is 0 Å². The first-order valence-corrected chi connectivity index (χ1v) is 12.1. The second-order valence-corrected chi connectivity index (χ2v) is 9.76. The van der Waals surface area contributed by atoms with Crippen LogP contribution in [-0.4, -0.2) is 34.1 Å². The minimum absolute atomic E-state index is 0.207. The van der Waals surface area contributed by atoms with E-state index in [2.05, 4.69) is 22.8 Å². The van der Waals surface area contributed by atoms with E-state index in [-0.39, 0.29) is 5.92 Å². The molecule has 0 spiro atoms. The molecule has 3 N–H and O–H groups in total. The topological polar surface area (TPSA) is 104 Å². The Kier molecular flexibility index (Phi) is 8.12. The summed E-state index contributed by atoms with van der Waals surface area (Å²) in [5.74, 6) is -3.87. The zero-order chi connectivity index (χ0) is 24.9. The molecule has 1 heterocycles. The van der Waals surface area contributed by atoms with E-state index in [0.717, 1.165) is 29.2 Å². The molecule has 3 atom stereocenters. The number of amides is 1. The van der Waals surface area contributed by atoms with Crippen LogP contribution in [0.15, 0.2) is 65.4 Å². The summed E-state index contributed by atoms with van der Waals surface area (Å²) in [4.78, 5) is 35.9. The fourth-order valence-corrected chi connectivity index (χ4v) is 4.67. The van der Waals surface area contributed by atoms with Crippen molar-refractivity contribution in [2.45, 2.75) is 38.6 Å². The fourth-order valence-electron chi connectivity index (χ4n) is 3.88. The van der Waals surface area contributed by atoms with E-state index in [0.29, 0.717) is 11.4 Å². The minimum Gasteiger partial charge on any atom is -0.481 e. The SMILES string of the molecule is CC(NC(=O)C(C)(CC(=O)O)C(=O)O)C(Cc1cccc(-c2ccsc2)c1)c1ccc(Cl)cc1. The van der Waals surface area contributed by atoms with Crippen LogP contribution in [0.5, 0.6) is 0 Å². The molecule has 0 aliphatic carbocycles. The number of nitrogens with one attached hydrogen (secondary N) is 1. The number of halogens is 1. The van der Waals surface area contributed by atoms with Crippen molar-refractivity contribution in [1.29, 1.82) is 0 Å². The molecular formula is C26H26ClNO5S. The Morgan fingerprint density at radius 3 is 2.35 bits per heavy atom. The molecule has 6 nitrogen and oxygen atoms in total. The van der Waals surface area contributed by atoms with Crippen molar-refractivity contribution < 1.29 is 24.6 Å². The molecule has 3 aromatic rings. The van der Waals surface area contributed by atoms with Crippen LogP contribution in [0.1, 0.15) is 37.3 Å². The van der Waals surface area contributed by atoms with E-state index in [1.54, 1.807) is 30.4 Å². The van der Waals surface area contributed by atoms with Gasteiger partial charge >= 0.3 is 11.9 Å². The quantitative estimate of drug-likeness (QED) is 0.321. The van der Waals surface area contributed by atoms with Crippen molar-refractivity contribution >= 4 is 40.8 Å². The van der Waals surface area contributed by atoms with Crippen molar-refractivity contribution in [2.24, 2.45) is 5.41 Å². The van der Waals surface area contributed by atoms with Gasteiger partial charge in [-0.1, -0.05) is 48.0 Å². The predicted molar refractivity (Wildman–Crippen MR) is 133 cm³/mol. The third-order valence-corrected chi connectivity index (χ3v) is 6.91. The number of carboxylic acids is 2. The zero-order valence-corrected chi connectivity index (χ0v) is 20.4. The number of carbonyl (C=O) groups excluding carboxylic acids is 1. The van der Waals surface area contributed by atoms with Gasteiger partial charge in [-0.15, -0.1) is 0 Å². The molecule has 0 bridgehead atoms. The lowest BCUT2D eigenvalue weighted by molar-refractivity contribution is -0.160. The van der Waals surface area contributed by atoms with Crippen LogP contribution in [0.25, 0.3) is 11.1 Å². The molecule has 0 fully saturated rings. The third-order valence-electron chi connectivity index (χ3n) is 5.98. The molecule has 0 radical (unpaired) electrons. The van der Waals surface area contributed by atoms with Crippen molar-refractivity contribution in [3.05, 3.63) is 81.5 Å². The van der Waals surface area contributed by atoms with Gasteiger partial charge in [-0.2, -0.15) is 11.3 Å². The number of thiophene rings is 1. The molecule has 34 heavy (non-hydrogen) atoms. The maximum atomic E-state index is 12.9. The number of hydrogen-bond donors (Lipinski definition) is 3. The van der Waals surface area contributed by atoms with Gasteiger partial charge in [0.25, 0.3) is 0 Å². The average molecular weight is 500 g/mol. The molecule has 0 aliphatic heterocycles. The number of aliphatic carboxylic acids is 2. The van der Waals surface area contributed by atoms with E-state index >= 15 is 0 Å². The maximum Gasteiger partial charge on any atom is 0.319 e. The van der Waals surface area contributed by atoms with Gasteiger partial charge in [-0.3, -0.25) is 14.4 Å². The monoisotopic (exact) mass is 499 g/mol. The summed E-state index contributed by atoms with van der Waals surface area (Å²) in [5, 5.41) is 26.2. The third kappa shape index (κ3) is 6.04. The standard InChI is InChI=1S/C26H26ClNO5S/c1-16(28-24(31)26(2,25(32)33)14-23(29)30)22(18-6-8-21(27)9-7-18)13-17-4-3-5-19(12-17)20-10-11-34-15-20/h3-12,15-16,22H,13-14H2,1-2H3,(H,28,31)(H,29,30)(H,32,33). The highest BCUT2D eigenvalue weighted by atomic mass is 35.5. The first kappa shape index (κ1) is 25.5. The van der Waals surface area contributed by atoms with Crippen LogP contribution in [0, 0.1) is 5.41 Å². The van der Waals surface area contributed by atoms with Crippen molar-refractivity contribution in [3.63, 3.8) is 0 Å². The van der Waals surface area contributed by atoms with Gasteiger partial charge in [0, 0.05) is 17.0 Å². The Morgan fingerprint density at radius 1 is 1.06 bits per heavy atom. The Labute approximate surface area is 207 Å². The predicted octanol–water partition coefficient (Wildman–Crippen LogP) is 5.47. The van der Waals surface area contributed by atoms with E-state index in [1.165, 1.54) is 0 Å². The highest BCUT2D eigenvalue weighted by molar-refractivity contribution is 7.08. The summed E-state index contributed by atoms with van der Waals surface area (Å²) in [6.45, 7) is 2.93. The molecule has 1 amide bonds. The van der Waals surface area contributed by atoms with Crippen molar-refractivity contribution in [1.82, 2.24) is 5.32 Å². The lowest BCUT2D eigenvalue weighted by Gasteiger charge is -2.30. The fraction of sp³-hybridized carbons (Fsp3) is 0.269. The molecular weight excluding hydrogens is 474 g/mol. The van der Waals surface area contributed by atoms with Crippen LogP contribution in [0.3, 0.4) is 0 Å². The summed E-state index contributed by atoms with van der Waals surface area (Å²) in [5.41, 5.74) is 2.11.